The molecular weight excluding hydrogens is 936 g/mol. The van der Waals surface area contributed by atoms with Gasteiger partial charge in [0.1, 0.15) is 43.2 Å². The van der Waals surface area contributed by atoms with Gasteiger partial charge in [-0.05, 0) is 92.0 Å². The van der Waals surface area contributed by atoms with Crippen LogP contribution in [0.2, 0.25) is 0 Å². The normalized spacial score (nSPS) is 17.3. The van der Waals surface area contributed by atoms with Crippen molar-refractivity contribution in [2.24, 2.45) is 5.41 Å². The predicted octanol–water partition coefficient (Wildman–Crippen LogP) is 6.15. The van der Waals surface area contributed by atoms with Crippen molar-refractivity contribution in [1.29, 1.82) is 5.26 Å². The van der Waals surface area contributed by atoms with E-state index in [4.69, 9.17) is 26.4 Å². The average molecular weight is 988 g/mol. The Kier molecular flexibility index (Phi) is 16.5. The van der Waals surface area contributed by atoms with E-state index in [0.29, 0.717) is 11.4 Å². The van der Waals surface area contributed by atoms with Gasteiger partial charge in [0, 0.05) is 25.2 Å². The second kappa shape index (κ2) is 21.9. The number of halogens is 3. The van der Waals surface area contributed by atoms with E-state index in [1.165, 1.54) is 21.9 Å². The standard InChI is InChI=1S/C49H52F3N7O8S2/c1-30-41(69-29-55-30)32-11-9-31(10-12-32)26-54-43(62)39-24-36(60)27-57(39)44(63)42(47(2,3)4)56-40(61)28-66-22-21-65-19-7-8-20-67-37-17-15-34(16-18-37)59-46(68)58(45(64)48(59,5)6)35-14-13-33(25-53)38(23-35)49(50,51)52/h9-18,23,29,36,39,42,60H,19-22,24,26-28H2,1-6H3,(H,54,62)(H,56,61)/t36-,39+,42-/m1/s1. The van der Waals surface area contributed by atoms with Crippen molar-refractivity contribution >= 4 is 63.7 Å². The number of aliphatic hydroxyl groups is 1. The summed E-state index contributed by atoms with van der Waals surface area (Å²) in [5, 5.41) is 25.3. The van der Waals surface area contributed by atoms with Crippen LogP contribution in [-0.2, 0) is 41.4 Å². The van der Waals surface area contributed by atoms with E-state index in [-0.39, 0.29) is 63.3 Å². The Balaban J connectivity index is 0.907. The Morgan fingerprint density at radius 2 is 1.67 bits per heavy atom. The van der Waals surface area contributed by atoms with Gasteiger partial charge in [0.15, 0.2) is 5.11 Å². The number of rotatable bonds is 16. The van der Waals surface area contributed by atoms with Crippen LogP contribution in [0.3, 0.4) is 0 Å². The number of aromatic nitrogens is 1. The van der Waals surface area contributed by atoms with Crippen LogP contribution in [-0.4, -0.2) is 107 Å². The smallest absolute Gasteiger partial charge is 0.417 e. The molecule has 0 unspecified atom stereocenters. The Bertz CT molecular complexity index is 2650. The van der Waals surface area contributed by atoms with E-state index >= 15 is 0 Å². The zero-order valence-corrected chi connectivity index (χ0v) is 40.4. The third-order valence-corrected chi connectivity index (χ3v) is 12.7. The molecule has 15 nitrogen and oxygen atoms in total. The summed E-state index contributed by atoms with van der Waals surface area (Å²) in [5.41, 5.74) is 1.28. The number of β-amino-alcohol motifs (C(OH)–C–C–N with tert-alkyl or cyclic N) is 1. The molecule has 2 aliphatic rings. The number of hydrogen-bond acceptors (Lipinski definition) is 12. The monoisotopic (exact) mass is 987 g/mol. The highest BCUT2D eigenvalue weighted by molar-refractivity contribution is 7.81. The van der Waals surface area contributed by atoms with Crippen molar-refractivity contribution in [2.75, 3.05) is 49.4 Å². The van der Waals surface area contributed by atoms with Gasteiger partial charge in [-0.1, -0.05) is 56.9 Å². The third kappa shape index (κ3) is 12.4. The largest absolute Gasteiger partial charge is 0.481 e. The molecule has 4 aromatic rings. The predicted molar refractivity (Wildman–Crippen MR) is 256 cm³/mol. The van der Waals surface area contributed by atoms with Gasteiger partial charge in [-0.3, -0.25) is 24.1 Å². The summed E-state index contributed by atoms with van der Waals surface area (Å²) in [6, 6.07) is 17.0. The van der Waals surface area contributed by atoms with Crippen molar-refractivity contribution in [3.05, 3.63) is 94.6 Å². The van der Waals surface area contributed by atoms with Crippen LogP contribution in [0.1, 0.15) is 63.4 Å². The number of nitriles is 1. The number of carbonyl (C=O) groups excluding carboxylic acids is 4. The maximum Gasteiger partial charge on any atom is 0.417 e. The van der Waals surface area contributed by atoms with Gasteiger partial charge in [-0.15, -0.1) is 11.3 Å². The molecule has 4 amide bonds. The molecule has 2 aliphatic heterocycles. The molecule has 0 saturated carbocycles. The summed E-state index contributed by atoms with van der Waals surface area (Å²) in [6.45, 7) is 10.6. The number of aryl methyl sites for hydroxylation is 1. The molecule has 3 N–H and O–H groups in total. The summed E-state index contributed by atoms with van der Waals surface area (Å²) in [6.07, 6.45) is -5.66. The fourth-order valence-electron chi connectivity index (χ4n) is 7.76. The van der Waals surface area contributed by atoms with Crippen LogP contribution >= 0.6 is 23.6 Å². The SMILES string of the molecule is Cc1ncsc1-c1ccc(CNC(=O)[C@@H]2C[C@@H](O)CN2C(=O)[C@@H](NC(=O)COCCOCC#CCOc2ccc(N3C(=S)N(c4ccc(C#N)c(C(F)(F)F)c4)C(=O)C3(C)C)cc2)C(C)(C)C)cc1. The fraction of sp³-hybridized carbons (Fsp3) is 0.408. The Hall–Kier alpha value is -6.42. The van der Waals surface area contributed by atoms with Gasteiger partial charge in [0.05, 0.1) is 58.3 Å². The highest BCUT2D eigenvalue weighted by Crippen LogP contribution is 2.40. The van der Waals surface area contributed by atoms with Crippen molar-refractivity contribution in [2.45, 2.75) is 84.4 Å². The molecule has 3 aromatic carbocycles. The molecule has 2 fully saturated rings. The van der Waals surface area contributed by atoms with Crippen molar-refractivity contribution in [1.82, 2.24) is 20.5 Å². The highest BCUT2D eigenvalue weighted by atomic mass is 32.1. The minimum atomic E-state index is -4.82. The van der Waals surface area contributed by atoms with Gasteiger partial charge in [-0.2, -0.15) is 18.4 Å². The van der Waals surface area contributed by atoms with Gasteiger partial charge in [0.25, 0.3) is 5.91 Å². The van der Waals surface area contributed by atoms with Crippen LogP contribution in [0.15, 0.2) is 72.2 Å². The van der Waals surface area contributed by atoms with Gasteiger partial charge in [0.2, 0.25) is 17.7 Å². The molecule has 20 heteroatoms. The average Bonchev–Trinajstić information content (AvgIpc) is 3.97. The number of nitrogens with zero attached hydrogens (tertiary/aromatic N) is 5. The molecule has 3 atom stereocenters. The molecule has 2 saturated heterocycles. The van der Waals surface area contributed by atoms with Crippen LogP contribution < -0.4 is 25.2 Å². The molecule has 3 heterocycles. The first-order valence-corrected chi connectivity index (χ1v) is 23.1. The van der Waals surface area contributed by atoms with Crippen molar-refractivity contribution < 1.29 is 51.7 Å². The zero-order chi connectivity index (χ0) is 50.3. The first kappa shape index (κ1) is 52.0. The first-order chi connectivity index (χ1) is 32.6. The summed E-state index contributed by atoms with van der Waals surface area (Å²) in [5.74, 6) is 4.11. The first-order valence-electron chi connectivity index (χ1n) is 21.8. The number of alkyl halides is 3. The molecule has 0 bridgehead atoms. The van der Waals surface area contributed by atoms with Gasteiger partial charge >= 0.3 is 6.18 Å². The molecule has 364 valence electrons. The number of anilines is 2. The van der Waals surface area contributed by atoms with Crippen molar-refractivity contribution in [3.8, 4) is 34.1 Å². The molecule has 0 spiro atoms. The number of nitrogens with one attached hydrogen (secondary N) is 2. The van der Waals surface area contributed by atoms with Gasteiger partial charge in [-0.25, -0.2) is 4.98 Å². The number of likely N-dealkylation sites (tertiary alicyclic amines) is 1. The quantitative estimate of drug-likeness (QED) is 0.0662. The Morgan fingerprint density at radius 3 is 2.30 bits per heavy atom. The molecular formula is C49H52F3N7O8S2. The second-order valence-corrected chi connectivity index (χ2v) is 19.1. The lowest BCUT2D eigenvalue weighted by molar-refractivity contribution is -0.144. The highest BCUT2D eigenvalue weighted by Gasteiger charge is 2.51. The minimum Gasteiger partial charge on any atom is -0.481 e. The van der Waals surface area contributed by atoms with Crippen LogP contribution in [0.4, 0.5) is 24.5 Å². The van der Waals surface area contributed by atoms with E-state index in [9.17, 15) is 42.7 Å². The number of thiazole rings is 1. The Labute approximate surface area is 407 Å². The summed E-state index contributed by atoms with van der Waals surface area (Å²) >= 11 is 7.15. The topological polar surface area (TPSA) is 187 Å². The Morgan fingerprint density at radius 1 is 1.00 bits per heavy atom. The second-order valence-electron chi connectivity index (χ2n) is 17.8. The lowest BCUT2D eigenvalue weighted by atomic mass is 9.85. The third-order valence-electron chi connectivity index (χ3n) is 11.4. The van der Waals surface area contributed by atoms with Crippen LogP contribution in [0.5, 0.6) is 5.75 Å². The summed E-state index contributed by atoms with van der Waals surface area (Å²) in [4.78, 5) is 63.1. The molecule has 1 aromatic heterocycles. The molecule has 0 aliphatic carbocycles. The number of benzene rings is 3. The van der Waals surface area contributed by atoms with Gasteiger partial charge < -0.3 is 39.8 Å². The number of hydrogen-bond donors (Lipinski definition) is 3. The molecule has 6 rings (SSSR count). The number of amides is 4. The summed E-state index contributed by atoms with van der Waals surface area (Å²) in [7, 11) is 0. The lowest BCUT2D eigenvalue weighted by Gasteiger charge is -2.35. The van der Waals surface area contributed by atoms with Crippen molar-refractivity contribution in [3.63, 3.8) is 0 Å². The fourth-order valence-corrected chi connectivity index (χ4v) is 9.09. The lowest BCUT2D eigenvalue weighted by Crippen LogP contribution is -2.58. The summed E-state index contributed by atoms with van der Waals surface area (Å²) < 4.78 is 57.8. The zero-order valence-electron chi connectivity index (χ0n) is 38.8. The molecule has 0 radical (unpaired) electrons. The van der Waals surface area contributed by atoms with E-state index in [1.807, 2.05) is 31.2 Å². The van der Waals surface area contributed by atoms with E-state index in [1.54, 1.807) is 75.7 Å². The minimum absolute atomic E-state index is 0.0120. The maximum atomic E-state index is 13.9. The van der Waals surface area contributed by atoms with E-state index in [2.05, 4.69) is 27.5 Å². The van der Waals surface area contributed by atoms with E-state index < -0.39 is 70.1 Å². The number of aliphatic hydroxyl groups excluding tert-OH is 1. The number of ether oxygens (including phenoxy) is 3. The maximum absolute atomic E-state index is 13.9. The molecule has 69 heavy (non-hydrogen) atoms. The number of thiocarbonyl (C=S) groups is 1. The van der Waals surface area contributed by atoms with E-state index in [0.717, 1.165) is 38.7 Å². The van der Waals surface area contributed by atoms with Crippen LogP contribution in [0.25, 0.3) is 10.4 Å². The van der Waals surface area contributed by atoms with Crippen LogP contribution in [0, 0.1) is 35.5 Å². The number of carbonyl (C=O) groups is 4.